The van der Waals surface area contributed by atoms with Gasteiger partial charge in [-0.05, 0) is 38.8 Å². The van der Waals surface area contributed by atoms with Crippen molar-refractivity contribution in [1.82, 2.24) is 14.7 Å². The average molecular weight is 311 g/mol. The monoisotopic (exact) mass is 311 g/mol. The third kappa shape index (κ3) is 4.67. The number of hydrogen-bond acceptors (Lipinski definition) is 4. The number of aliphatic hydroxyl groups excluding tert-OH is 1. The van der Waals surface area contributed by atoms with Gasteiger partial charge in [-0.25, -0.2) is 0 Å². The van der Waals surface area contributed by atoms with Crippen LogP contribution in [0, 0.1) is 5.92 Å². The molecule has 5 heteroatoms. The summed E-state index contributed by atoms with van der Waals surface area (Å²) < 4.78 is 0. The van der Waals surface area contributed by atoms with E-state index in [9.17, 15) is 9.90 Å². The van der Waals surface area contributed by atoms with Gasteiger partial charge in [0.15, 0.2) is 0 Å². The Morgan fingerprint density at radius 2 is 1.55 bits per heavy atom. The van der Waals surface area contributed by atoms with E-state index in [4.69, 9.17) is 0 Å². The zero-order valence-corrected chi connectivity index (χ0v) is 14.5. The van der Waals surface area contributed by atoms with E-state index in [2.05, 4.69) is 23.6 Å². The first-order valence-electron chi connectivity index (χ1n) is 8.92. The predicted molar refractivity (Wildman–Crippen MR) is 88.8 cm³/mol. The van der Waals surface area contributed by atoms with Crippen LogP contribution < -0.4 is 0 Å². The van der Waals surface area contributed by atoms with E-state index < -0.39 is 0 Å². The number of amides is 1. The van der Waals surface area contributed by atoms with Crippen molar-refractivity contribution < 1.29 is 9.90 Å². The third-order valence-corrected chi connectivity index (χ3v) is 4.87. The maximum atomic E-state index is 13.0. The van der Waals surface area contributed by atoms with E-state index in [1.54, 1.807) is 0 Å². The summed E-state index contributed by atoms with van der Waals surface area (Å²) >= 11 is 0. The van der Waals surface area contributed by atoms with E-state index in [-0.39, 0.29) is 12.1 Å². The molecule has 2 atom stereocenters. The summed E-state index contributed by atoms with van der Waals surface area (Å²) in [6.45, 7) is 12.3. The van der Waals surface area contributed by atoms with Crippen molar-refractivity contribution in [2.24, 2.45) is 5.92 Å². The molecule has 0 aromatic heterocycles. The van der Waals surface area contributed by atoms with Crippen LogP contribution in [0.3, 0.4) is 0 Å². The Bertz CT molecular complexity index is 346. The van der Waals surface area contributed by atoms with E-state index in [1.807, 2.05) is 11.8 Å². The fraction of sp³-hybridized carbons (Fsp3) is 0.941. The van der Waals surface area contributed by atoms with Crippen molar-refractivity contribution in [2.45, 2.75) is 52.2 Å². The topological polar surface area (TPSA) is 47.0 Å². The summed E-state index contributed by atoms with van der Waals surface area (Å²) in [5, 5.41) is 9.48. The standard InChI is InChI=1S/C17H33N3O2/c1-14(2)16(19-7-5-4-6-8-19)17(22)20-11-9-18(10-12-20)13-15(3)21/h14-16,21H,4-13H2,1-3H3. The van der Waals surface area contributed by atoms with Gasteiger partial charge >= 0.3 is 0 Å². The first kappa shape index (κ1) is 17.7. The van der Waals surface area contributed by atoms with E-state index in [1.165, 1.54) is 19.3 Å². The molecular formula is C17H33N3O2. The second-order valence-corrected chi connectivity index (χ2v) is 7.26. The molecule has 1 amide bonds. The minimum absolute atomic E-state index is 0.0450. The molecule has 2 rings (SSSR count). The number of rotatable bonds is 5. The van der Waals surface area contributed by atoms with Crippen molar-refractivity contribution in [1.29, 1.82) is 0 Å². The number of hydrogen-bond donors (Lipinski definition) is 1. The SMILES string of the molecule is CC(O)CN1CCN(C(=O)C(C(C)C)N2CCCCC2)CC1. The lowest BCUT2D eigenvalue weighted by Crippen LogP contribution is -2.57. The zero-order valence-electron chi connectivity index (χ0n) is 14.5. The quantitative estimate of drug-likeness (QED) is 0.823. The van der Waals surface area contributed by atoms with Gasteiger partial charge in [0.05, 0.1) is 12.1 Å². The maximum absolute atomic E-state index is 13.0. The Labute approximate surface area is 135 Å². The maximum Gasteiger partial charge on any atom is 0.240 e. The van der Waals surface area contributed by atoms with Gasteiger partial charge in [0.2, 0.25) is 5.91 Å². The summed E-state index contributed by atoms with van der Waals surface area (Å²) in [6.07, 6.45) is 3.45. The molecule has 2 saturated heterocycles. The second-order valence-electron chi connectivity index (χ2n) is 7.26. The normalized spacial score (nSPS) is 24.5. The number of β-amino-alcohol motifs (C(OH)–C–C–N with tert-alkyl or cyclic N) is 1. The van der Waals surface area contributed by atoms with Crippen molar-refractivity contribution in [2.75, 3.05) is 45.8 Å². The summed E-state index contributed by atoms with van der Waals surface area (Å²) in [5.41, 5.74) is 0. The first-order chi connectivity index (χ1) is 10.5. The summed E-state index contributed by atoms with van der Waals surface area (Å²) in [5.74, 6) is 0.676. The Morgan fingerprint density at radius 1 is 0.955 bits per heavy atom. The molecule has 2 heterocycles. The van der Waals surface area contributed by atoms with Crippen LogP contribution in [0.15, 0.2) is 0 Å². The highest BCUT2D eigenvalue weighted by Crippen LogP contribution is 2.20. The third-order valence-electron chi connectivity index (χ3n) is 4.87. The highest BCUT2D eigenvalue weighted by Gasteiger charge is 2.34. The van der Waals surface area contributed by atoms with Crippen LogP contribution in [0.4, 0.5) is 0 Å². The number of piperazine rings is 1. The number of carbonyl (C=O) groups excluding carboxylic acids is 1. The Balaban J connectivity index is 1.91. The molecule has 22 heavy (non-hydrogen) atoms. The van der Waals surface area contributed by atoms with Gasteiger partial charge in [0.1, 0.15) is 0 Å². The van der Waals surface area contributed by atoms with Crippen molar-refractivity contribution in [3.8, 4) is 0 Å². The molecule has 2 unspecified atom stereocenters. The van der Waals surface area contributed by atoms with Gasteiger partial charge in [-0.3, -0.25) is 14.6 Å². The first-order valence-corrected chi connectivity index (χ1v) is 8.92. The van der Waals surface area contributed by atoms with Crippen LogP contribution in [-0.4, -0.2) is 83.7 Å². The highest BCUT2D eigenvalue weighted by atomic mass is 16.3. The Morgan fingerprint density at radius 3 is 2.05 bits per heavy atom. The summed E-state index contributed by atoms with van der Waals surface area (Å²) in [4.78, 5) is 19.7. The zero-order chi connectivity index (χ0) is 16.1. The summed E-state index contributed by atoms with van der Waals surface area (Å²) in [7, 11) is 0. The molecule has 2 aliphatic heterocycles. The van der Waals surface area contributed by atoms with Crippen molar-refractivity contribution >= 4 is 5.91 Å². The molecule has 5 nitrogen and oxygen atoms in total. The largest absolute Gasteiger partial charge is 0.392 e. The van der Waals surface area contributed by atoms with E-state index in [0.717, 1.165) is 39.3 Å². The molecule has 0 aromatic carbocycles. The lowest BCUT2D eigenvalue weighted by atomic mass is 9.97. The number of carbonyl (C=O) groups is 1. The smallest absolute Gasteiger partial charge is 0.240 e. The Kier molecular flexibility index (Phi) is 6.66. The molecule has 0 saturated carbocycles. The van der Waals surface area contributed by atoms with E-state index >= 15 is 0 Å². The van der Waals surface area contributed by atoms with Gasteiger partial charge in [-0.15, -0.1) is 0 Å². The van der Waals surface area contributed by atoms with Gasteiger partial charge in [0, 0.05) is 32.7 Å². The predicted octanol–water partition coefficient (Wildman–Crippen LogP) is 1.02. The fourth-order valence-corrected chi connectivity index (χ4v) is 3.77. The van der Waals surface area contributed by atoms with Crippen LogP contribution in [0.1, 0.15) is 40.0 Å². The average Bonchev–Trinajstić information content (AvgIpc) is 2.48. The molecular weight excluding hydrogens is 278 g/mol. The highest BCUT2D eigenvalue weighted by molar-refractivity contribution is 5.82. The second kappa shape index (κ2) is 8.27. The summed E-state index contributed by atoms with van der Waals surface area (Å²) in [6, 6.07) is 0.0450. The minimum atomic E-state index is -0.293. The van der Waals surface area contributed by atoms with Crippen molar-refractivity contribution in [3.05, 3.63) is 0 Å². The number of likely N-dealkylation sites (tertiary alicyclic amines) is 1. The van der Waals surface area contributed by atoms with Crippen LogP contribution in [0.2, 0.25) is 0 Å². The van der Waals surface area contributed by atoms with Crippen LogP contribution in [-0.2, 0) is 4.79 Å². The molecule has 0 spiro atoms. The van der Waals surface area contributed by atoms with Gasteiger partial charge in [0.25, 0.3) is 0 Å². The van der Waals surface area contributed by atoms with E-state index in [0.29, 0.717) is 18.4 Å². The number of nitrogens with zero attached hydrogens (tertiary/aromatic N) is 3. The molecule has 0 aliphatic carbocycles. The molecule has 0 bridgehead atoms. The molecule has 1 N–H and O–H groups in total. The van der Waals surface area contributed by atoms with Crippen molar-refractivity contribution in [3.63, 3.8) is 0 Å². The lowest BCUT2D eigenvalue weighted by molar-refractivity contribution is -0.141. The molecule has 0 radical (unpaired) electrons. The number of piperidine rings is 1. The van der Waals surface area contributed by atoms with Crippen LogP contribution >= 0.6 is 0 Å². The molecule has 2 aliphatic rings. The Hall–Kier alpha value is -0.650. The molecule has 2 fully saturated rings. The molecule has 0 aromatic rings. The number of aliphatic hydroxyl groups is 1. The van der Waals surface area contributed by atoms with Gasteiger partial charge < -0.3 is 10.0 Å². The lowest BCUT2D eigenvalue weighted by Gasteiger charge is -2.41. The van der Waals surface area contributed by atoms with Crippen LogP contribution in [0.5, 0.6) is 0 Å². The molecule has 128 valence electrons. The van der Waals surface area contributed by atoms with Gasteiger partial charge in [-0.1, -0.05) is 20.3 Å². The van der Waals surface area contributed by atoms with Crippen LogP contribution in [0.25, 0.3) is 0 Å². The van der Waals surface area contributed by atoms with Gasteiger partial charge in [-0.2, -0.15) is 0 Å². The fourth-order valence-electron chi connectivity index (χ4n) is 3.77. The minimum Gasteiger partial charge on any atom is -0.392 e.